The molecule has 142 valence electrons. The molecule has 3 rings (SSSR count). The van der Waals surface area contributed by atoms with Gasteiger partial charge in [0, 0.05) is 18.1 Å². The van der Waals surface area contributed by atoms with E-state index in [1.54, 1.807) is 12.1 Å². The number of imidazole rings is 1. The van der Waals surface area contributed by atoms with Gasteiger partial charge in [0.2, 0.25) is 11.9 Å². The molecule has 3 aromatic rings. The third-order valence-corrected chi connectivity index (χ3v) is 4.97. The zero-order valence-corrected chi connectivity index (χ0v) is 16.5. The summed E-state index contributed by atoms with van der Waals surface area (Å²) in [6, 6.07) is 15.3. The van der Waals surface area contributed by atoms with Crippen molar-refractivity contribution in [2.24, 2.45) is 0 Å². The van der Waals surface area contributed by atoms with Crippen molar-refractivity contribution in [3.63, 3.8) is 0 Å². The number of aromatic nitrogens is 2. The van der Waals surface area contributed by atoms with E-state index >= 15 is 0 Å². The van der Waals surface area contributed by atoms with E-state index in [0.717, 1.165) is 42.8 Å². The van der Waals surface area contributed by atoms with E-state index in [2.05, 4.69) is 33.6 Å². The number of nitrogens with one attached hydrogen (secondary N) is 1. The number of hydrogen-bond acceptors (Lipinski definition) is 3. The number of hydrogen-bond donors (Lipinski definition) is 1. The molecule has 0 saturated carbocycles. The maximum atomic E-state index is 12.5. The Balaban J connectivity index is 1.79. The van der Waals surface area contributed by atoms with E-state index < -0.39 is 0 Å². The molecular weight excluding hydrogens is 360 g/mol. The summed E-state index contributed by atoms with van der Waals surface area (Å²) < 4.78 is 2.09. The normalized spacial score (nSPS) is 11.3. The maximum absolute atomic E-state index is 12.5. The first-order chi connectivity index (χ1) is 13.1. The van der Waals surface area contributed by atoms with Crippen molar-refractivity contribution < 1.29 is 4.79 Å². The van der Waals surface area contributed by atoms with Gasteiger partial charge in [0.15, 0.2) is 0 Å². The fourth-order valence-electron chi connectivity index (χ4n) is 3.14. The van der Waals surface area contributed by atoms with Crippen LogP contribution in [0.25, 0.3) is 11.0 Å². The zero-order chi connectivity index (χ0) is 19.2. The standard InChI is InChI=1S/C21H25ClN4O/c1-3-25(4-2)13-14-26-19-8-6-5-7-18(19)23-21(26)24-20(27)15-16-9-11-17(22)12-10-16/h5-12H,3-4,13-15H2,1-2H3,(H,23,24,27). The molecule has 0 spiro atoms. The lowest BCUT2D eigenvalue weighted by atomic mass is 10.1. The van der Waals surface area contributed by atoms with Gasteiger partial charge in [-0.3, -0.25) is 10.1 Å². The third-order valence-electron chi connectivity index (χ3n) is 4.72. The molecule has 27 heavy (non-hydrogen) atoms. The Hall–Kier alpha value is -2.37. The van der Waals surface area contributed by atoms with Crippen LogP contribution in [0.1, 0.15) is 19.4 Å². The number of carbonyl (C=O) groups is 1. The molecule has 6 heteroatoms. The molecule has 0 unspecified atom stereocenters. The number of amides is 1. The maximum Gasteiger partial charge on any atom is 0.231 e. The van der Waals surface area contributed by atoms with Crippen molar-refractivity contribution >= 4 is 34.5 Å². The Morgan fingerprint density at radius 2 is 1.81 bits per heavy atom. The molecule has 0 fully saturated rings. The second kappa shape index (κ2) is 9.02. The molecule has 0 radical (unpaired) electrons. The van der Waals surface area contributed by atoms with E-state index in [-0.39, 0.29) is 12.3 Å². The fourth-order valence-corrected chi connectivity index (χ4v) is 3.26. The molecule has 5 nitrogen and oxygen atoms in total. The van der Waals surface area contributed by atoms with Crippen LogP contribution in [0.5, 0.6) is 0 Å². The van der Waals surface area contributed by atoms with Gasteiger partial charge >= 0.3 is 0 Å². The molecule has 0 aliphatic carbocycles. The van der Waals surface area contributed by atoms with Crippen LogP contribution in [-0.4, -0.2) is 40.0 Å². The largest absolute Gasteiger partial charge is 0.309 e. The number of halogens is 1. The molecular formula is C21H25ClN4O. The smallest absolute Gasteiger partial charge is 0.231 e. The van der Waals surface area contributed by atoms with Crippen LogP contribution >= 0.6 is 11.6 Å². The number of likely N-dealkylation sites (N-methyl/N-ethyl adjacent to an activating group) is 1. The van der Waals surface area contributed by atoms with Crippen LogP contribution in [-0.2, 0) is 17.8 Å². The SMILES string of the molecule is CCN(CC)CCn1c(NC(=O)Cc2ccc(Cl)cc2)nc2ccccc21. The lowest BCUT2D eigenvalue weighted by molar-refractivity contribution is -0.115. The van der Waals surface area contributed by atoms with Gasteiger partial charge in [-0.15, -0.1) is 0 Å². The monoisotopic (exact) mass is 384 g/mol. The van der Waals surface area contributed by atoms with Gasteiger partial charge in [-0.2, -0.15) is 0 Å². The molecule has 0 aliphatic rings. The van der Waals surface area contributed by atoms with Gasteiger partial charge in [0.25, 0.3) is 0 Å². The summed E-state index contributed by atoms with van der Waals surface area (Å²) in [5, 5.41) is 3.65. The highest BCUT2D eigenvalue weighted by Gasteiger charge is 2.14. The second-order valence-electron chi connectivity index (χ2n) is 6.45. The van der Waals surface area contributed by atoms with Gasteiger partial charge in [-0.05, 0) is 42.9 Å². The molecule has 1 N–H and O–H groups in total. The molecule has 1 amide bonds. The first-order valence-corrected chi connectivity index (χ1v) is 9.70. The van der Waals surface area contributed by atoms with Crippen LogP contribution in [0.3, 0.4) is 0 Å². The number of carbonyl (C=O) groups excluding carboxylic acids is 1. The van der Waals surface area contributed by atoms with Crippen molar-refractivity contribution in [2.45, 2.75) is 26.8 Å². The van der Waals surface area contributed by atoms with Crippen molar-refractivity contribution in [1.82, 2.24) is 14.5 Å². The van der Waals surface area contributed by atoms with Gasteiger partial charge < -0.3 is 9.47 Å². The van der Waals surface area contributed by atoms with Crippen molar-refractivity contribution in [2.75, 3.05) is 25.0 Å². The highest BCUT2D eigenvalue weighted by Crippen LogP contribution is 2.20. The Morgan fingerprint density at radius 3 is 2.52 bits per heavy atom. The molecule has 0 bridgehead atoms. The molecule has 0 atom stereocenters. The molecule has 0 aliphatic heterocycles. The zero-order valence-electron chi connectivity index (χ0n) is 15.8. The minimum atomic E-state index is -0.0864. The van der Waals surface area contributed by atoms with Crippen molar-refractivity contribution in [3.8, 4) is 0 Å². The predicted octanol–water partition coefficient (Wildman–Crippen LogP) is 4.21. The van der Waals surface area contributed by atoms with Gasteiger partial charge in [0.1, 0.15) is 0 Å². The van der Waals surface area contributed by atoms with Crippen molar-refractivity contribution in [3.05, 3.63) is 59.1 Å². The molecule has 1 aromatic heterocycles. The highest BCUT2D eigenvalue weighted by molar-refractivity contribution is 6.30. The van der Waals surface area contributed by atoms with E-state index in [0.29, 0.717) is 11.0 Å². The minimum Gasteiger partial charge on any atom is -0.309 e. The molecule has 1 heterocycles. The van der Waals surface area contributed by atoms with E-state index in [4.69, 9.17) is 11.6 Å². The number of nitrogens with zero attached hydrogens (tertiary/aromatic N) is 3. The van der Waals surface area contributed by atoms with E-state index in [9.17, 15) is 4.79 Å². The summed E-state index contributed by atoms with van der Waals surface area (Å²) in [7, 11) is 0. The lowest BCUT2D eigenvalue weighted by Crippen LogP contribution is -2.28. The van der Waals surface area contributed by atoms with E-state index in [1.165, 1.54) is 0 Å². The fraction of sp³-hybridized carbons (Fsp3) is 0.333. The van der Waals surface area contributed by atoms with Crippen LogP contribution in [0, 0.1) is 0 Å². The summed E-state index contributed by atoms with van der Waals surface area (Å²) in [4.78, 5) is 19.5. The van der Waals surface area contributed by atoms with E-state index in [1.807, 2.05) is 36.4 Å². The topological polar surface area (TPSA) is 50.2 Å². The summed E-state index contributed by atoms with van der Waals surface area (Å²) in [6.45, 7) is 8.00. The number of rotatable bonds is 8. The third kappa shape index (κ3) is 4.87. The summed E-state index contributed by atoms with van der Waals surface area (Å²) in [5.74, 6) is 0.513. The van der Waals surface area contributed by atoms with Crippen molar-refractivity contribution in [1.29, 1.82) is 0 Å². The van der Waals surface area contributed by atoms with Gasteiger partial charge in [-0.25, -0.2) is 4.98 Å². The average molecular weight is 385 g/mol. The number of anilines is 1. The summed E-state index contributed by atoms with van der Waals surface area (Å²) >= 11 is 5.91. The second-order valence-corrected chi connectivity index (χ2v) is 6.89. The first-order valence-electron chi connectivity index (χ1n) is 9.32. The number of para-hydroxylation sites is 2. The highest BCUT2D eigenvalue weighted by atomic mass is 35.5. The average Bonchev–Trinajstić information content (AvgIpc) is 3.01. The molecule has 2 aromatic carbocycles. The Kier molecular flexibility index (Phi) is 6.48. The van der Waals surface area contributed by atoms with Crippen LogP contribution in [0.2, 0.25) is 5.02 Å². The first kappa shape index (κ1) is 19.4. The Labute approximate surface area is 165 Å². The Bertz CT molecular complexity index is 900. The quantitative estimate of drug-likeness (QED) is 0.632. The Morgan fingerprint density at radius 1 is 1.11 bits per heavy atom. The minimum absolute atomic E-state index is 0.0864. The van der Waals surface area contributed by atoms with Crippen LogP contribution in [0.15, 0.2) is 48.5 Å². The number of fused-ring (bicyclic) bond motifs is 1. The van der Waals surface area contributed by atoms with Gasteiger partial charge in [-0.1, -0.05) is 49.7 Å². The lowest BCUT2D eigenvalue weighted by Gasteiger charge is -2.19. The van der Waals surface area contributed by atoms with Crippen LogP contribution in [0.4, 0.5) is 5.95 Å². The summed E-state index contributed by atoms with van der Waals surface area (Å²) in [6.07, 6.45) is 0.288. The molecule has 0 saturated heterocycles. The number of benzene rings is 2. The summed E-state index contributed by atoms with van der Waals surface area (Å²) in [5.41, 5.74) is 2.84. The van der Waals surface area contributed by atoms with Crippen LogP contribution < -0.4 is 5.32 Å². The predicted molar refractivity (Wildman–Crippen MR) is 111 cm³/mol. The van der Waals surface area contributed by atoms with Gasteiger partial charge in [0.05, 0.1) is 17.5 Å².